The van der Waals surface area contributed by atoms with Gasteiger partial charge in [-0.15, -0.1) is 0 Å². The summed E-state index contributed by atoms with van der Waals surface area (Å²) in [6.07, 6.45) is 4.38. The lowest BCUT2D eigenvalue weighted by atomic mass is 9.93. The summed E-state index contributed by atoms with van der Waals surface area (Å²) in [5.41, 5.74) is 5.95. The van der Waals surface area contributed by atoms with Gasteiger partial charge in [0.05, 0.1) is 6.10 Å². The predicted molar refractivity (Wildman–Crippen MR) is 39.6 cm³/mol. The fraction of sp³-hybridized carbons (Fsp3) is 1.00. The van der Waals surface area contributed by atoms with Crippen LogP contribution in [0.1, 0.15) is 19.3 Å². The van der Waals surface area contributed by atoms with Crippen molar-refractivity contribution >= 4 is 0 Å². The van der Waals surface area contributed by atoms with E-state index in [4.69, 9.17) is 10.5 Å². The first-order valence-electron chi connectivity index (χ1n) is 4.11. The van der Waals surface area contributed by atoms with Crippen molar-refractivity contribution in [3.05, 3.63) is 0 Å². The highest BCUT2D eigenvalue weighted by Gasteiger charge is 2.45. The van der Waals surface area contributed by atoms with Gasteiger partial charge in [0.15, 0.2) is 0 Å². The SMILES string of the molecule is COC1C2CCC(C2)C1N. The van der Waals surface area contributed by atoms with Crippen LogP contribution >= 0.6 is 0 Å². The monoisotopic (exact) mass is 141 g/mol. The maximum Gasteiger partial charge on any atom is 0.0753 e. The second-order valence-corrected chi connectivity index (χ2v) is 3.61. The quantitative estimate of drug-likeness (QED) is 0.585. The lowest BCUT2D eigenvalue weighted by Crippen LogP contribution is -2.40. The Hall–Kier alpha value is -0.0800. The van der Waals surface area contributed by atoms with Gasteiger partial charge < -0.3 is 10.5 Å². The predicted octanol–water partition coefficient (Wildman–Crippen LogP) is 0.759. The summed E-state index contributed by atoms with van der Waals surface area (Å²) in [6.45, 7) is 0. The van der Waals surface area contributed by atoms with E-state index in [9.17, 15) is 0 Å². The maximum absolute atomic E-state index is 5.95. The molecule has 58 valence electrons. The molecule has 2 bridgehead atoms. The van der Waals surface area contributed by atoms with Crippen molar-refractivity contribution in [1.29, 1.82) is 0 Å². The molecule has 10 heavy (non-hydrogen) atoms. The van der Waals surface area contributed by atoms with Crippen LogP contribution in [0.15, 0.2) is 0 Å². The molecule has 2 nitrogen and oxygen atoms in total. The molecule has 0 amide bonds. The van der Waals surface area contributed by atoms with Crippen LogP contribution in [0, 0.1) is 11.8 Å². The third kappa shape index (κ3) is 0.722. The Morgan fingerprint density at radius 2 is 2.00 bits per heavy atom. The summed E-state index contributed by atoms with van der Waals surface area (Å²) in [6, 6.07) is 0.337. The van der Waals surface area contributed by atoms with Gasteiger partial charge in [-0.25, -0.2) is 0 Å². The van der Waals surface area contributed by atoms with Crippen LogP contribution in [0.5, 0.6) is 0 Å². The summed E-state index contributed by atoms with van der Waals surface area (Å²) >= 11 is 0. The Morgan fingerprint density at radius 1 is 1.30 bits per heavy atom. The molecule has 4 atom stereocenters. The van der Waals surface area contributed by atoms with Gasteiger partial charge in [0.1, 0.15) is 0 Å². The minimum Gasteiger partial charge on any atom is -0.380 e. The Bertz CT molecular complexity index is 135. The molecule has 2 heteroatoms. The second-order valence-electron chi connectivity index (χ2n) is 3.61. The molecule has 2 fully saturated rings. The van der Waals surface area contributed by atoms with Crippen LogP contribution < -0.4 is 5.73 Å². The molecule has 0 heterocycles. The molecular formula is C8H15NO. The molecule has 0 radical (unpaired) electrons. The fourth-order valence-corrected chi connectivity index (χ4v) is 2.63. The van der Waals surface area contributed by atoms with E-state index in [1.54, 1.807) is 7.11 Å². The van der Waals surface area contributed by atoms with Gasteiger partial charge in [0.25, 0.3) is 0 Å². The van der Waals surface area contributed by atoms with Gasteiger partial charge in [0.2, 0.25) is 0 Å². The number of hydrogen-bond acceptors (Lipinski definition) is 2. The van der Waals surface area contributed by atoms with Gasteiger partial charge in [-0.05, 0) is 31.1 Å². The fourth-order valence-electron chi connectivity index (χ4n) is 2.63. The molecule has 0 aromatic rings. The van der Waals surface area contributed by atoms with E-state index in [2.05, 4.69) is 0 Å². The first kappa shape index (κ1) is 6.62. The van der Waals surface area contributed by atoms with Gasteiger partial charge in [-0.2, -0.15) is 0 Å². The minimum absolute atomic E-state index is 0.337. The first-order valence-corrected chi connectivity index (χ1v) is 4.11. The van der Waals surface area contributed by atoms with Crippen molar-refractivity contribution < 1.29 is 4.74 Å². The summed E-state index contributed by atoms with van der Waals surface area (Å²) in [4.78, 5) is 0. The highest BCUT2D eigenvalue weighted by molar-refractivity contribution is 4.99. The lowest BCUT2D eigenvalue weighted by molar-refractivity contribution is 0.0426. The van der Waals surface area contributed by atoms with E-state index in [1.807, 2.05) is 0 Å². The molecule has 2 N–H and O–H groups in total. The summed E-state index contributed by atoms with van der Waals surface area (Å²) in [5, 5.41) is 0. The Morgan fingerprint density at radius 3 is 2.40 bits per heavy atom. The van der Waals surface area contributed by atoms with E-state index >= 15 is 0 Å². The Balaban J connectivity index is 2.10. The molecule has 2 saturated carbocycles. The van der Waals surface area contributed by atoms with E-state index in [0.29, 0.717) is 12.1 Å². The summed E-state index contributed by atoms with van der Waals surface area (Å²) in [7, 11) is 1.78. The highest BCUT2D eigenvalue weighted by atomic mass is 16.5. The van der Waals surface area contributed by atoms with Gasteiger partial charge in [0, 0.05) is 13.2 Å². The maximum atomic E-state index is 5.95. The van der Waals surface area contributed by atoms with E-state index in [1.165, 1.54) is 19.3 Å². The van der Waals surface area contributed by atoms with Crippen molar-refractivity contribution in [2.24, 2.45) is 17.6 Å². The number of nitrogens with two attached hydrogens (primary N) is 1. The van der Waals surface area contributed by atoms with Crippen LogP contribution in [0.25, 0.3) is 0 Å². The zero-order valence-corrected chi connectivity index (χ0v) is 6.42. The molecule has 0 aliphatic heterocycles. The third-order valence-corrected chi connectivity index (χ3v) is 3.17. The highest BCUT2D eigenvalue weighted by Crippen LogP contribution is 2.44. The normalized spacial score (nSPS) is 52.2. The largest absolute Gasteiger partial charge is 0.380 e. The van der Waals surface area contributed by atoms with Crippen molar-refractivity contribution in [2.45, 2.75) is 31.4 Å². The number of methoxy groups -OCH3 is 1. The van der Waals surface area contributed by atoms with Crippen molar-refractivity contribution in [2.75, 3.05) is 7.11 Å². The zero-order chi connectivity index (χ0) is 7.14. The Kier molecular flexibility index (Phi) is 1.46. The molecular weight excluding hydrogens is 126 g/mol. The third-order valence-electron chi connectivity index (χ3n) is 3.17. The van der Waals surface area contributed by atoms with Gasteiger partial charge >= 0.3 is 0 Å². The number of fused-ring (bicyclic) bond motifs is 2. The van der Waals surface area contributed by atoms with Crippen molar-refractivity contribution in [1.82, 2.24) is 0 Å². The number of rotatable bonds is 1. The lowest BCUT2D eigenvalue weighted by Gasteiger charge is -2.26. The molecule has 0 saturated heterocycles. The molecule has 2 aliphatic rings. The smallest absolute Gasteiger partial charge is 0.0753 e. The topological polar surface area (TPSA) is 35.2 Å². The standard InChI is InChI=1S/C8H15NO/c1-10-8-6-3-2-5(4-6)7(8)9/h5-8H,2-4,9H2,1H3. The first-order chi connectivity index (χ1) is 4.83. The van der Waals surface area contributed by atoms with Crippen LogP contribution in [-0.4, -0.2) is 19.3 Å². The molecule has 0 aromatic heterocycles. The molecule has 2 aliphatic carbocycles. The van der Waals surface area contributed by atoms with E-state index in [-0.39, 0.29) is 0 Å². The molecule has 0 aromatic carbocycles. The van der Waals surface area contributed by atoms with Crippen molar-refractivity contribution in [3.8, 4) is 0 Å². The Labute approximate surface area is 61.7 Å². The van der Waals surface area contributed by atoms with Gasteiger partial charge in [-0.3, -0.25) is 0 Å². The van der Waals surface area contributed by atoms with Crippen LogP contribution in [0.2, 0.25) is 0 Å². The van der Waals surface area contributed by atoms with Crippen LogP contribution in [-0.2, 0) is 4.74 Å². The molecule has 2 rings (SSSR count). The van der Waals surface area contributed by atoms with Gasteiger partial charge in [-0.1, -0.05) is 0 Å². The molecule has 4 unspecified atom stereocenters. The average molecular weight is 141 g/mol. The molecule has 0 spiro atoms. The van der Waals surface area contributed by atoms with Crippen molar-refractivity contribution in [3.63, 3.8) is 0 Å². The van der Waals surface area contributed by atoms with E-state index in [0.717, 1.165) is 11.8 Å². The summed E-state index contributed by atoms with van der Waals surface area (Å²) < 4.78 is 5.33. The van der Waals surface area contributed by atoms with Crippen LogP contribution in [0.3, 0.4) is 0 Å². The second kappa shape index (κ2) is 2.21. The number of ether oxygens (including phenoxy) is 1. The van der Waals surface area contributed by atoms with Crippen LogP contribution in [0.4, 0.5) is 0 Å². The average Bonchev–Trinajstić information content (AvgIpc) is 2.46. The minimum atomic E-state index is 0.337. The zero-order valence-electron chi connectivity index (χ0n) is 6.42. The van der Waals surface area contributed by atoms with E-state index < -0.39 is 0 Å². The number of hydrogen-bond donors (Lipinski definition) is 1. The summed E-state index contributed by atoms with van der Waals surface area (Å²) in [5.74, 6) is 1.56.